The van der Waals surface area contributed by atoms with Crippen LogP contribution in [0.1, 0.15) is 31.4 Å². The maximum Gasteiger partial charge on any atom is 0.255 e. The molecule has 3 aliphatic carbocycles. The van der Waals surface area contributed by atoms with Crippen LogP contribution in [0.2, 0.25) is 5.15 Å². The van der Waals surface area contributed by atoms with Gasteiger partial charge in [-0.25, -0.2) is 4.98 Å². The van der Waals surface area contributed by atoms with Crippen molar-refractivity contribution in [2.75, 3.05) is 32.6 Å². The summed E-state index contributed by atoms with van der Waals surface area (Å²) in [4.78, 5) is 44.6. The number of pyridine rings is 1. The lowest BCUT2D eigenvalue weighted by atomic mass is 9.57. The molecule has 0 aromatic carbocycles. The van der Waals surface area contributed by atoms with Crippen LogP contribution < -0.4 is 11.1 Å². The molecule has 4 rings (SSSR count). The Morgan fingerprint density at radius 1 is 1.22 bits per heavy atom. The van der Waals surface area contributed by atoms with Crippen LogP contribution in [0.3, 0.4) is 0 Å². The first-order valence-corrected chi connectivity index (χ1v) is 12.5. The summed E-state index contributed by atoms with van der Waals surface area (Å²) in [6.07, 6.45) is 0.0194. The average Bonchev–Trinajstić information content (AvgIpc) is 2.81. The van der Waals surface area contributed by atoms with E-state index in [4.69, 9.17) is 22.1 Å². The van der Waals surface area contributed by atoms with E-state index in [1.54, 1.807) is 0 Å². The standard InChI is InChI=1S/C25H31ClN4O8.3ClH/c1-9(2)38-6-5-28-24-19(33)14-11(22(26)29-24)7-10-8-12-16(30(3)4)18(32)15(23(27)36)21(35)25(12,37)20(34)13(10)17(14)31;;;/h9-10,12,16,31,33,35,37H,5-8H2,1-4H3,(H2,27,36)(H,28,29);3*1H/t10-,12-,16-,25-;;;/m0.../s1. The fourth-order valence-corrected chi connectivity index (χ4v) is 6.00. The lowest BCUT2D eigenvalue weighted by Gasteiger charge is -2.50. The number of amides is 1. The first-order valence-electron chi connectivity index (χ1n) is 12.1. The number of likely N-dealkylation sites (N-methyl/N-ethyl adjacent to an activating group) is 1. The SMILES string of the molecule is CC(C)OCCNc1nc(Cl)c2c(c1O)C(O)=C1C(=O)[C@]3(O)C(O)=C(C(N)=O)C(=O)[C@@H](N(C)C)[C@@H]3C[C@@H]1C2.Cl.Cl.Cl. The van der Waals surface area contributed by atoms with Crippen LogP contribution in [-0.4, -0.2) is 92.8 Å². The molecule has 1 saturated carbocycles. The summed E-state index contributed by atoms with van der Waals surface area (Å²) in [5, 5.41) is 47.6. The maximum atomic E-state index is 13.8. The average molecular weight is 660 g/mol. The molecule has 0 spiro atoms. The van der Waals surface area contributed by atoms with E-state index in [1.807, 2.05) is 13.8 Å². The number of aromatic hydroxyl groups is 1. The Balaban J connectivity index is 0.00000280. The third kappa shape index (κ3) is 5.83. The number of primary amides is 1. The van der Waals surface area contributed by atoms with E-state index in [0.29, 0.717) is 12.2 Å². The van der Waals surface area contributed by atoms with E-state index < -0.39 is 63.8 Å². The van der Waals surface area contributed by atoms with E-state index in [2.05, 4.69) is 10.3 Å². The molecule has 1 fully saturated rings. The fraction of sp³-hybridized carbons (Fsp3) is 0.520. The lowest BCUT2D eigenvalue weighted by Crippen LogP contribution is -2.65. The normalized spacial score (nSPS) is 25.0. The van der Waals surface area contributed by atoms with Crippen molar-refractivity contribution < 1.29 is 39.5 Å². The minimum absolute atomic E-state index is 0. The van der Waals surface area contributed by atoms with Crippen LogP contribution in [-0.2, 0) is 25.5 Å². The maximum absolute atomic E-state index is 13.8. The molecule has 12 nitrogen and oxygen atoms in total. The number of anilines is 1. The zero-order chi connectivity index (χ0) is 28.3. The van der Waals surface area contributed by atoms with Crippen LogP contribution in [0, 0.1) is 11.8 Å². The molecule has 0 bridgehead atoms. The van der Waals surface area contributed by atoms with Gasteiger partial charge < -0.3 is 36.2 Å². The van der Waals surface area contributed by atoms with Gasteiger partial charge >= 0.3 is 0 Å². The van der Waals surface area contributed by atoms with Crippen LogP contribution in [0.5, 0.6) is 5.75 Å². The van der Waals surface area contributed by atoms with Gasteiger partial charge in [-0.3, -0.25) is 19.3 Å². The highest BCUT2D eigenvalue weighted by Gasteiger charge is 2.64. The molecule has 1 heterocycles. The number of fused-ring (bicyclic) bond motifs is 3. The van der Waals surface area contributed by atoms with Gasteiger partial charge in [0.1, 0.15) is 22.2 Å². The summed E-state index contributed by atoms with van der Waals surface area (Å²) in [5.74, 6) is -7.36. The minimum Gasteiger partial charge on any atom is -0.508 e. The topological polar surface area (TPSA) is 196 Å². The summed E-state index contributed by atoms with van der Waals surface area (Å²) in [6.45, 7) is 4.31. The highest BCUT2D eigenvalue weighted by atomic mass is 35.5. The molecular formula is C25H34Cl4N4O8. The number of aliphatic hydroxyl groups is 3. The van der Waals surface area contributed by atoms with E-state index in [0.717, 1.165) is 0 Å². The Kier molecular flexibility index (Phi) is 11.9. The Labute approximate surface area is 260 Å². The Hall–Kier alpha value is -2.32. The van der Waals surface area contributed by atoms with Gasteiger partial charge in [0, 0.05) is 23.6 Å². The molecule has 16 heteroatoms. The number of aliphatic hydroxyl groups excluding tert-OH is 2. The number of rotatable bonds is 7. The second-order valence-electron chi connectivity index (χ2n) is 10.3. The Morgan fingerprint density at radius 2 is 1.83 bits per heavy atom. The van der Waals surface area contributed by atoms with Crippen LogP contribution in [0.25, 0.3) is 5.76 Å². The molecule has 41 heavy (non-hydrogen) atoms. The zero-order valence-electron chi connectivity index (χ0n) is 22.6. The van der Waals surface area contributed by atoms with Crippen molar-refractivity contribution in [1.82, 2.24) is 9.88 Å². The van der Waals surface area contributed by atoms with E-state index >= 15 is 0 Å². The predicted molar refractivity (Wildman–Crippen MR) is 158 cm³/mol. The highest BCUT2D eigenvalue weighted by Crippen LogP contribution is 2.53. The lowest BCUT2D eigenvalue weighted by molar-refractivity contribution is -0.153. The smallest absolute Gasteiger partial charge is 0.255 e. The van der Waals surface area contributed by atoms with Crippen molar-refractivity contribution in [3.63, 3.8) is 0 Å². The molecule has 230 valence electrons. The molecule has 0 unspecified atom stereocenters. The Bertz CT molecular complexity index is 1300. The largest absolute Gasteiger partial charge is 0.508 e. The third-order valence-corrected chi connectivity index (χ3v) is 7.69. The fourth-order valence-electron chi connectivity index (χ4n) is 5.74. The van der Waals surface area contributed by atoms with Gasteiger partial charge in [0.15, 0.2) is 23.0 Å². The number of nitrogens with zero attached hydrogens (tertiary/aromatic N) is 2. The summed E-state index contributed by atoms with van der Waals surface area (Å²) >= 11 is 6.44. The molecule has 0 saturated heterocycles. The van der Waals surface area contributed by atoms with Crippen molar-refractivity contribution in [2.24, 2.45) is 17.6 Å². The number of ether oxygens (including phenoxy) is 1. The van der Waals surface area contributed by atoms with Gasteiger partial charge in [-0.15, -0.1) is 37.2 Å². The van der Waals surface area contributed by atoms with Gasteiger partial charge in [0.25, 0.3) is 5.91 Å². The summed E-state index contributed by atoms with van der Waals surface area (Å²) in [5.41, 5.74) is 1.66. The quantitative estimate of drug-likeness (QED) is 0.142. The summed E-state index contributed by atoms with van der Waals surface area (Å²) in [7, 11) is 3.07. The highest BCUT2D eigenvalue weighted by molar-refractivity contribution is 6.31. The number of nitrogens with two attached hydrogens (primary N) is 1. The van der Waals surface area contributed by atoms with E-state index in [9.17, 15) is 34.8 Å². The summed E-state index contributed by atoms with van der Waals surface area (Å²) in [6, 6.07) is -1.16. The van der Waals surface area contributed by atoms with E-state index in [-0.39, 0.29) is 84.8 Å². The molecule has 0 aliphatic heterocycles. The van der Waals surface area contributed by atoms with Crippen molar-refractivity contribution >= 4 is 77.9 Å². The molecule has 1 amide bonds. The van der Waals surface area contributed by atoms with Gasteiger partial charge in [-0.2, -0.15) is 0 Å². The van der Waals surface area contributed by atoms with Gasteiger partial charge in [0.2, 0.25) is 5.78 Å². The predicted octanol–water partition coefficient (Wildman–Crippen LogP) is 2.11. The first kappa shape index (κ1) is 36.7. The minimum atomic E-state index is -2.70. The molecule has 7 N–H and O–H groups in total. The molecule has 4 atom stereocenters. The van der Waals surface area contributed by atoms with Crippen LogP contribution in [0.4, 0.5) is 5.82 Å². The van der Waals surface area contributed by atoms with Crippen LogP contribution in [0.15, 0.2) is 16.9 Å². The molecule has 1 aromatic heterocycles. The second kappa shape index (κ2) is 13.3. The number of ketones is 2. The number of aromatic nitrogens is 1. The van der Waals surface area contributed by atoms with Gasteiger partial charge in [-0.05, 0) is 46.7 Å². The number of Topliss-reactive ketones (excluding diaryl/α,β-unsaturated/α-hetero) is 2. The van der Waals surface area contributed by atoms with Gasteiger partial charge in [0.05, 0.1) is 24.3 Å². The number of carbonyl (C=O) groups excluding carboxylic acids is 3. The van der Waals surface area contributed by atoms with Crippen molar-refractivity contribution in [2.45, 2.75) is 44.4 Å². The summed E-state index contributed by atoms with van der Waals surface area (Å²) < 4.78 is 5.46. The molecule has 3 aliphatic rings. The van der Waals surface area contributed by atoms with E-state index in [1.165, 1.54) is 19.0 Å². The third-order valence-electron chi connectivity index (χ3n) is 7.38. The zero-order valence-corrected chi connectivity index (χ0v) is 25.8. The van der Waals surface area contributed by atoms with Crippen molar-refractivity contribution in [1.29, 1.82) is 0 Å². The number of halogens is 4. The first-order chi connectivity index (χ1) is 17.7. The Morgan fingerprint density at radius 3 is 2.37 bits per heavy atom. The van der Waals surface area contributed by atoms with Crippen molar-refractivity contribution in [3.05, 3.63) is 33.2 Å². The number of nitrogens with one attached hydrogen (secondary N) is 1. The number of carbonyl (C=O) groups is 3. The molecular weight excluding hydrogens is 626 g/mol. The number of hydrogen-bond acceptors (Lipinski definition) is 11. The second-order valence-corrected chi connectivity index (χ2v) is 10.6. The monoisotopic (exact) mass is 658 g/mol. The molecule has 1 aromatic rings. The van der Waals surface area contributed by atoms with Gasteiger partial charge in [-0.1, -0.05) is 11.6 Å². The van der Waals surface area contributed by atoms with Crippen LogP contribution >= 0.6 is 48.8 Å². The number of hydrogen-bond donors (Lipinski definition) is 6. The van der Waals surface area contributed by atoms with Crippen molar-refractivity contribution in [3.8, 4) is 5.75 Å². The molecule has 0 radical (unpaired) electrons.